The van der Waals surface area contributed by atoms with Crippen molar-refractivity contribution < 1.29 is 9.46 Å². The average molecular weight is 257 g/mol. The molecule has 0 aliphatic carbocycles. The van der Waals surface area contributed by atoms with Crippen LogP contribution in [-0.4, -0.2) is 0 Å². The third-order valence-corrected chi connectivity index (χ3v) is 2.43. The highest BCUT2D eigenvalue weighted by Gasteiger charge is 2.13. The van der Waals surface area contributed by atoms with Gasteiger partial charge in [-0.25, -0.2) is 0 Å². The lowest BCUT2D eigenvalue weighted by atomic mass is 10.2. The smallest absolute Gasteiger partial charge is 0.231 e. The molecule has 0 amide bonds. The van der Waals surface area contributed by atoms with Crippen molar-refractivity contribution in [1.82, 2.24) is 0 Å². The Balaban J connectivity index is 2.62. The number of pyridine rings is 2. The second kappa shape index (κ2) is 4.15. The SMILES string of the molecule is [O-][n+]1cc(Cl)cc(-c2cc(Cl)cc[n+]2[O-])c1. The number of halogens is 2. The molecule has 0 spiro atoms. The predicted molar refractivity (Wildman–Crippen MR) is 59.8 cm³/mol. The standard InChI is InChI=1S/C10H6Cl2N2O2/c11-8-1-2-14(16)10(4-8)7-3-9(12)6-13(15)5-7/h1-6H. The Bertz CT molecular complexity index is 526. The van der Waals surface area contributed by atoms with Gasteiger partial charge < -0.3 is 10.4 Å². The Morgan fingerprint density at radius 1 is 1.00 bits per heavy atom. The summed E-state index contributed by atoms with van der Waals surface area (Å²) in [6.45, 7) is 0. The fourth-order valence-electron chi connectivity index (χ4n) is 1.33. The van der Waals surface area contributed by atoms with Crippen LogP contribution in [0.25, 0.3) is 11.3 Å². The zero-order valence-corrected chi connectivity index (χ0v) is 9.44. The number of hydrogen-bond acceptors (Lipinski definition) is 2. The molecule has 0 unspecified atom stereocenters. The number of rotatable bonds is 1. The fraction of sp³-hybridized carbons (Fsp3) is 0. The van der Waals surface area contributed by atoms with Gasteiger partial charge in [-0.05, 0) is 6.07 Å². The zero-order valence-electron chi connectivity index (χ0n) is 7.93. The van der Waals surface area contributed by atoms with E-state index in [1.807, 2.05) is 0 Å². The average Bonchev–Trinajstić information content (AvgIpc) is 2.20. The van der Waals surface area contributed by atoms with E-state index in [0.29, 0.717) is 20.0 Å². The highest BCUT2D eigenvalue weighted by molar-refractivity contribution is 6.31. The molecule has 16 heavy (non-hydrogen) atoms. The van der Waals surface area contributed by atoms with Gasteiger partial charge >= 0.3 is 0 Å². The summed E-state index contributed by atoms with van der Waals surface area (Å²) in [6.07, 6.45) is 3.73. The highest BCUT2D eigenvalue weighted by Crippen LogP contribution is 2.20. The molecule has 0 aromatic carbocycles. The van der Waals surface area contributed by atoms with E-state index in [1.54, 1.807) is 0 Å². The zero-order chi connectivity index (χ0) is 11.7. The minimum atomic E-state index is 0.257. The molecule has 0 atom stereocenters. The molecule has 2 rings (SSSR count). The fourth-order valence-corrected chi connectivity index (χ4v) is 1.70. The third kappa shape index (κ3) is 2.18. The van der Waals surface area contributed by atoms with Crippen molar-refractivity contribution in [2.24, 2.45) is 0 Å². The minimum absolute atomic E-state index is 0.257. The van der Waals surface area contributed by atoms with Crippen molar-refractivity contribution in [2.45, 2.75) is 0 Å². The summed E-state index contributed by atoms with van der Waals surface area (Å²) >= 11 is 11.5. The van der Waals surface area contributed by atoms with E-state index in [0.717, 1.165) is 0 Å². The summed E-state index contributed by atoms with van der Waals surface area (Å²) in [4.78, 5) is 0. The van der Waals surface area contributed by atoms with E-state index < -0.39 is 0 Å². The monoisotopic (exact) mass is 256 g/mol. The van der Waals surface area contributed by atoms with Crippen molar-refractivity contribution in [2.75, 3.05) is 0 Å². The van der Waals surface area contributed by atoms with Crippen LogP contribution in [-0.2, 0) is 0 Å². The molecule has 0 saturated heterocycles. The molecular formula is C10H6Cl2N2O2. The molecule has 0 aliphatic rings. The van der Waals surface area contributed by atoms with Crippen LogP contribution < -0.4 is 9.46 Å². The first-order chi connectivity index (χ1) is 7.56. The summed E-state index contributed by atoms with van der Waals surface area (Å²) in [5, 5.41) is 23.3. The van der Waals surface area contributed by atoms with E-state index in [9.17, 15) is 10.4 Å². The lowest BCUT2D eigenvalue weighted by Gasteiger charge is -2.04. The largest absolute Gasteiger partial charge is 0.619 e. The predicted octanol–water partition coefficient (Wildman–Crippen LogP) is 1.93. The molecule has 0 aliphatic heterocycles. The lowest BCUT2D eigenvalue weighted by Crippen LogP contribution is -2.30. The summed E-state index contributed by atoms with van der Waals surface area (Å²) in [7, 11) is 0. The third-order valence-electron chi connectivity index (χ3n) is 1.99. The summed E-state index contributed by atoms with van der Waals surface area (Å²) < 4.78 is 1.16. The van der Waals surface area contributed by atoms with E-state index >= 15 is 0 Å². The van der Waals surface area contributed by atoms with Gasteiger partial charge in [0.1, 0.15) is 10.6 Å². The molecule has 0 bridgehead atoms. The van der Waals surface area contributed by atoms with Crippen LogP contribution in [0.3, 0.4) is 0 Å². The van der Waals surface area contributed by atoms with Gasteiger partial charge in [-0.15, -0.1) is 0 Å². The van der Waals surface area contributed by atoms with Crippen molar-refractivity contribution >= 4 is 23.2 Å². The van der Waals surface area contributed by atoms with Gasteiger partial charge in [-0.1, -0.05) is 23.2 Å². The minimum Gasteiger partial charge on any atom is -0.619 e. The van der Waals surface area contributed by atoms with Crippen LogP contribution in [0.2, 0.25) is 10.0 Å². The normalized spacial score (nSPS) is 10.4. The van der Waals surface area contributed by atoms with E-state index in [4.69, 9.17) is 23.2 Å². The molecule has 4 nitrogen and oxygen atoms in total. The second-order valence-corrected chi connectivity index (χ2v) is 4.03. The highest BCUT2D eigenvalue weighted by atomic mass is 35.5. The number of nitrogens with zero attached hydrogens (tertiary/aromatic N) is 2. The molecule has 0 N–H and O–H groups in total. The van der Waals surface area contributed by atoms with Gasteiger partial charge in [0.2, 0.25) is 5.69 Å². The van der Waals surface area contributed by atoms with Gasteiger partial charge in [-0.3, -0.25) is 0 Å². The van der Waals surface area contributed by atoms with Crippen molar-refractivity contribution in [3.63, 3.8) is 0 Å². The van der Waals surface area contributed by atoms with Crippen LogP contribution in [0.4, 0.5) is 0 Å². The van der Waals surface area contributed by atoms with Crippen molar-refractivity contribution in [1.29, 1.82) is 0 Å². The molecule has 2 heterocycles. The van der Waals surface area contributed by atoms with Gasteiger partial charge in [-0.2, -0.15) is 9.46 Å². The van der Waals surface area contributed by atoms with Gasteiger partial charge in [0.15, 0.2) is 18.6 Å². The van der Waals surface area contributed by atoms with Gasteiger partial charge in [0.05, 0.1) is 5.02 Å². The van der Waals surface area contributed by atoms with Crippen LogP contribution in [0, 0.1) is 10.4 Å². The first kappa shape index (κ1) is 11.0. The van der Waals surface area contributed by atoms with Crippen molar-refractivity contribution in [3.05, 3.63) is 57.2 Å². The summed E-state index contributed by atoms with van der Waals surface area (Å²) in [5.74, 6) is 0. The van der Waals surface area contributed by atoms with Gasteiger partial charge in [0.25, 0.3) is 0 Å². The van der Waals surface area contributed by atoms with Crippen LogP contribution in [0.15, 0.2) is 36.8 Å². The molecule has 2 aromatic rings. The first-order valence-corrected chi connectivity index (χ1v) is 5.10. The molecular weight excluding hydrogens is 251 g/mol. The van der Waals surface area contributed by atoms with Crippen LogP contribution in [0.1, 0.15) is 0 Å². The molecule has 82 valence electrons. The Morgan fingerprint density at radius 3 is 2.44 bits per heavy atom. The Labute approximate surface area is 101 Å². The van der Waals surface area contributed by atoms with E-state index in [2.05, 4.69) is 0 Å². The number of aromatic nitrogens is 2. The molecule has 2 aromatic heterocycles. The Morgan fingerprint density at radius 2 is 1.75 bits per heavy atom. The molecule has 0 fully saturated rings. The molecule has 0 saturated carbocycles. The van der Waals surface area contributed by atoms with Gasteiger partial charge in [0, 0.05) is 12.1 Å². The molecule has 6 heteroatoms. The maximum absolute atomic E-state index is 11.5. The van der Waals surface area contributed by atoms with Crippen molar-refractivity contribution in [3.8, 4) is 11.3 Å². The Kier molecular flexibility index (Phi) is 2.85. The summed E-state index contributed by atoms with van der Waals surface area (Å²) in [6, 6.07) is 4.46. The maximum Gasteiger partial charge on any atom is 0.231 e. The lowest BCUT2D eigenvalue weighted by molar-refractivity contribution is -0.608. The first-order valence-electron chi connectivity index (χ1n) is 4.35. The van der Waals surface area contributed by atoms with E-state index in [1.165, 1.54) is 36.8 Å². The summed E-state index contributed by atoms with van der Waals surface area (Å²) in [5.41, 5.74) is 0.694. The van der Waals surface area contributed by atoms with Crippen LogP contribution in [0.5, 0.6) is 0 Å². The quantitative estimate of drug-likeness (QED) is 0.579. The maximum atomic E-state index is 11.5. The van der Waals surface area contributed by atoms with E-state index in [-0.39, 0.29) is 10.7 Å². The Hall–Kier alpha value is -1.52. The second-order valence-electron chi connectivity index (χ2n) is 3.16. The topological polar surface area (TPSA) is 53.9 Å². The van der Waals surface area contributed by atoms with Crippen LogP contribution >= 0.6 is 23.2 Å². The molecule has 0 radical (unpaired) electrons. The number of hydrogen-bond donors (Lipinski definition) is 0.